The Labute approximate surface area is 87.3 Å². The van der Waals surface area contributed by atoms with Crippen molar-refractivity contribution in [3.05, 3.63) is 12.2 Å². The molecule has 0 aromatic carbocycles. The van der Waals surface area contributed by atoms with Crippen LogP contribution < -0.4 is 5.32 Å². The van der Waals surface area contributed by atoms with Gasteiger partial charge < -0.3 is 10.4 Å². The van der Waals surface area contributed by atoms with Gasteiger partial charge in [-0.25, -0.2) is 4.98 Å². The Morgan fingerprint density at radius 3 is 3.13 bits per heavy atom. The summed E-state index contributed by atoms with van der Waals surface area (Å²) in [5.41, 5.74) is 0. The van der Waals surface area contributed by atoms with E-state index in [1.165, 1.54) is 6.33 Å². The predicted octanol–water partition coefficient (Wildman–Crippen LogP) is -0.265. The summed E-state index contributed by atoms with van der Waals surface area (Å²) >= 11 is 0. The molecule has 1 saturated heterocycles. The van der Waals surface area contributed by atoms with Crippen LogP contribution in [-0.2, 0) is 11.8 Å². The Morgan fingerprint density at radius 2 is 2.53 bits per heavy atom. The molecule has 1 aromatic rings. The lowest BCUT2D eigenvalue weighted by atomic mass is 9.92. The van der Waals surface area contributed by atoms with Crippen molar-refractivity contribution in [3.63, 3.8) is 0 Å². The minimum atomic E-state index is -0.790. The number of carbonyl (C=O) groups is 1. The first-order valence-electron chi connectivity index (χ1n) is 4.98. The molecule has 15 heavy (non-hydrogen) atoms. The van der Waals surface area contributed by atoms with E-state index in [2.05, 4.69) is 15.4 Å². The van der Waals surface area contributed by atoms with Crippen LogP contribution in [0.15, 0.2) is 6.33 Å². The van der Waals surface area contributed by atoms with Crippen molar-refractivity contribution in [2.24, 2.45) is 7.05 Å². The average molecular weight is 210 g/mol. The first-order chi connectivity index (χ1) is 7.18. The summed E-state index contributed by atoms with van der Waals surface area (Å²) in [5, 5.41) is 15.9. The predicted molar refractivity (Wildman–Crippen MR) is 52.4 cm³/mol. The van der Waals surface area contributed by atoms with Gasteiger partial charge in [0.2, 0.25) is 0 Å². The fourth-order valence-corrected chi connectivity index (χ4v) is 2.01. The van der Waals surface area contributed by atoms with Crippen LogP contribution in [0.3, 0.4) is 0 Å². The van der Waals surface area contributed by atoms with Gasteiger partial charge in [-0.15, -0.1) is 0 Å². The first-order valence-corrected chi connectivity index (χ1v) is 4.98. The molecule has 2 N–H and O–H groups in total. The minimum absolute atomic E-state index is 0.194. The topological polar surface area (TPSA) is 80.0 Å². The highest BCUT2D eigenvalue weighted by atomic mass is 16.4. The SMILES string of the molecule is Cn1ncnc1C1CCNC(C(=O)O)C1. The molecular weight excluding hydrogens is 196 g/mol. The summed E-state index contributed by atoms with van der Waals surface area (Å²) in [6.07, 6.45) is 3.01. The smallest absolute Gasteiger partial charge is 0.320 e. The summed E-state index contributed by atoms with van der Waals surface area (Å²) in [5.74, 6) is 0.282. The normalized spacial score (nSPS) is 26.5. The van der Waals surface area contributed by atoms with Crippen LogP contribution in [0.2, 0.25) is 0 Å². The molecule has 1 fully saturated rings. The third kappa shape index (κ3) is 1.99. The van der Waals surface area contributed by atoms with Crippen LogP contribution in [0, 0.1) is 0 Å². The van der Waals surface area contributed by atoms with E-state index in [0.717, 1.165) is 12.2 Å². The molecule has 0 bridgehead atoms. The van der Waals surface area contributed by atoms with Gasteiger partial charge in [0.05, 0.1) is 0 Å². The zero-order valence-corrected chi connectivity index (χ0v) is 8.55. The van der Waals surface area contributed by atoms with E-state index in [9.17, 15) is 4.79 Å². The van der Waals surface area contributed by atoms with Crippen molar-refractivity contribution < 1.29 is 9.90 Å². The molecule has 2 heterocycles. The third-order valence-corrected chi connectivity index (χ3v) is 2.81. The van der Waals surface area contributed by atoms with Crippen molar-refractivity contribution in [3.8, 4) is 0 Å². The van der Waals surface area contributed by atoms with Crippen LogP contribution in [0.1, 0.15) is 24.6 Å². The third-order valence-electron chi connectivity index (χ3n) is 2.81. The second kappa shape index (κ2) is 3.98. The van der Waals surface area contributed by atoms with Crippen molar-refractivity contribution in [2.75, 3.05) is 6.54 Å². The van der Waals surface area contributed by atoms with E-state index in [0.29, 0.717) is 13.0 Å². The van der Waals surface area contributed by atoms with Crippen molar-refractivity contribution in [1.82, 2.24) is 20.1 Å². The van der Waals surface area contributed by atoms with E-state index >= 15 is 0 Å². The number of hydrogen-bond donors (Lipinski definition) is 2. The van der Waals surface area contributed by atoms with E-state index < -0.39 is 12.0 Å². The average Bonchev–Trinajstić information content (AvgIpc) is 2.64. The number of rotatable bonds is 2. The number of piperidine rings is 1. The molecule has 6 nitrogen and oxygen atoms in total. The number of aromatic nitrogens is 3. The Bertz CT molecular complexity index is 363. The maximum atomic E-state index is 10.8. The van der Waals surface area contributed by atoms with E-state index in [1.807, 2.05) is 7.05 Å². The van der Waals surface area contributed by atoms with Crippen molar-refractivity contribution in [1.29, 1.82) is 0 Å². The summed E-state index contributed by atoms with van der Waals surface area (Å²) in [4.78, 5) is 15.0. The Morgan fingerprint density at radius 1 is 1.73 bits per heavy atom. The molecule has 0 radical (unpaired) electrons. The Kier molecular flexibility index (Phi) is 2.68. The van der Waals surface area contributed by atoms with Crippen molar-refractivity contribution >= 4 is 5.97 Å². The number of aliphatic carboxylic acids is 1. The molecule has 2 atom stereocenters. The molecule has 1 aliphatic heterocycles. The van der Waals surface area contributed by atoms with Gasteiger partial charge in [0.1, 0.15) is 18.2 Å². The molecule has 82 valence electrons. The van der Waals surface area contributed by atoms with Gasteiger partial charge in [-0.1, -0.05) is 0 Å². The molecule has 1 aromatic heterocycles. The molecule has 0 saturated carbocycles. The molecule has 2 unspecified atom stereocenters. The zero-order chi connectivity index (χ0) is 10.8. The second-order valence-electron chi connectivity index (χ2n) is 3.81. The van der Waals surface area contributed by atoms with E-state index in [4.69, 9.17) is 5.11 Å². The molecule has 2 rings (SSSR count). The van der Waals surface area contributed by atoms with Gasteiger partial charge in [0.25, 0.3) is 0 Å². The number of carboxylic acids is 1. The van der Waals surface area contributed by atoms with Gasteiger partial charge in [0.15, 0.2) is 0 Å². The van der Waals surface area contributed by atoms with Crippen LogP contribution in [-0.4, -0.2) is 38.4 Å². The van der Waals surface area contributed by atoms with Gasteiger partial charge in [-0.05, 0) is 19.4 Å². The lowest BCUT2D eigenvalue weighted by Crippen LogP contribution is -2.43. The monoisotopic (exact) mass is 210 g/mol. The molecular formula is C9H14N4O2. The van der Waals surface area contributed by atoms with Gasteiger partial charge in [-0.3, -0.25) is 9.48 Å². The summed E-state index contributed by atoms with van der Waals surface area (Å²) < 4.78 is 1.72. The first kappa shape index (κ1) is 10.1. The van der Waals surface area contributed by atoms with E-state index in [-0.39, 0.29) is 5.92 Å². The minimum Gasteiger partial charge on any atom is -0.480 e. The fraction of sp³-hybridized carbons (Fsp3) is 0.667. The highest BCUT2D eigenvalue weighted by Crippen LogP contribution is 2.25. The highest BCUT2D eigenvalue weighted by molar-refractivity contribution is 5.73. The Balaban J connectivity index is 2.11. The number of carboxylic acid groups (broad SMARTS) is 1. The largest absolute Gasteiger partial charge is 0.480 e. The van der Waals surface area contributed by atoms with Gasteiger partial charge in [-0.2, -0.15) is 5.10 Å². The molecule has 1 aliphatic rings. The van der Waals surface area contributed by atoms with E-state index in [1.54, 1.807) is 4.68 Å². The number of nitrogens with one attached hydrogen (secondary N) is 1. The fourth-order valence-electron chi connectivity index (χ4n) is 2.01. The lowest BCUT2D eigenvalue weighted by Gasteiger charge is -2.26. The zero-order valence-electron chi connectivity index (χ0n) is 8.55. The standard InChI is InChI=1S/C9H14N4O2/c1-13-8(11-5-12-13)6-2-3-10-7(4-6)9(14)15/h5-7,10H,2-4H2,1H3,(H,14,15). The van der Waals surface area contributed by atoms with Crippen LogP contribution >= 0.6 is 0 Å². The van der Waals surface area contributed by atoms with Gasteiger partial charge >= 0.3 is 5.97 Å². The Hall–Kier alpha value is -1.43. The van der Waals surface area contributed by atoms with Crippen molar-refractivity contribution in [2.45, 2.75) is 24.8 Å². The molecule has 6 heteroatoms. The van der Waals surface area contributed by atoms with Crippen LogP contribution in [0.4, 0.5) is 0 Å². The number of aryl methyl sites for hydroxylation is 1. The number of nitrogens with zero attached hydrogens (tertiary/aromatic N) is 3. The molecule has 0 aliphatic carbocycles. The summed E-state index contributed by atoms with van der Waals surface area (Å²) in [6, 6.07) is -0.458. The lowest BCUT2D eigenvalue weighted by molar-refractivity contribution is -0.140. The summed E-state index contributed by atoms with van der Waals surface area (Å²) in [7, 11) is 1.83. The second-order valence-corrected chi connectivity index (χ2v) is 3.81. The van der Waals surface area contributed by atoms with Crippen LogP contribution in [0.25, 0.3) is 0 Å². The molecule has 0 spiro atoms. The quantitative estimate of drug-likeness (QED) is 0.702. The maximum absolute atomic E-state index is 10.8. The van der Waals surface area contributed by atoms with Crippen LogP contribution in [0.5, 0.6) is 0 Å². The summed E-state index contributed by atoms with van der Waals surface area (Å²) in [6.45, 7) is 0.717. The highest BCUT2D eigenvalue weighted by Gasteiger charge is 2.29. The van der Waals surface area contributed by atoms with Gasteiger partial charge in [0, 0.05) is 13.0 Å². The number of hydrogen-bond acceptors (Lipinski definition) is 4. The molecule has 0 amide bonds. The maximum Gasteiger partial charge on any atom is 0.320 e.